The van der Waals surface area contributed by atoms with Gasteiger partial charge in [-0.15, -0.1) is 0 Å². The molecule has 2 aromatic carbocycles. The molecule has 17 heavy (non-hydrogen) atoms. The Balaban J connectivity index is 2.36. The molecule has 84 valence electrons. The number of benzene rings is 2. The third-order valence-electron chi connectivity index (χ3n) is 2.63. The third kappa shape index (κ3) is 2.44. The molecule has 0 spiro atoms. The SMILES string of the molecule is CN(C(=C=[N-])c1ccccc1)c1ccccc1. The normalized spacial score (nSPS) is 9.47. The van der Waals surface area contributed by atoms with Crippen LogP contribution in [0.15, 0.2) is 60.7 Å². The van der Waals surface area contributed by atoms with Crippen molar-refractivity contribution in [2.24, 2.45) is 0 Å². The molecule has 2 heteroatoms. The van der Waals surface area contributed by atoms with Gasteiger partial charge in [-0.25, -0.2) is 5.87 Å². The number of hydrogen-bond acceptors (Lipinski definition) is 1. The maximum atomic E-state index is 9.28. The Morgan fingerprint density at radius 2 is 1.47 bits per heavy atom. The van der Waals surface area contributed by atoms with Gasteiger partial charge in [0.15, 0.2) is 0 Å². The van der Waals surface area contributed by atoms with Crippen molar-refractivity contribution >= 4 is 17.3 Å². The highest BCUT2D eigenvalue weighted by molar-refractivity contribution is 5.97. The first-order valence-electron chi connectivity index (χ1n) is 5.44. The van der Waals surface area contributed by atoms with Gasteiger partial charge in [0.25, 0.3) is 0 Å². The van der Waals surface area contributed by atoms with E-state index < -0.39 is 0 Å². The Hall–Kier alpha value is -2.31. The lowest BCUT2D eigenvalue weighted by Crippen LogP contribution is -2.15. The minimum atomic E-state index is 0.650. The molecule has 0 aliphatic carbocycles. The van der Waals surface area contributed by atoms with E-state index in [2.05, 4.69) is 5.87 Å². The molecule has 0 aromatic heterocycles. The standard InChI is InChI=1S/C15H13N2/c1-17(14-10-6-3-7-11-14)15(12-16)13-8-4-2-5-9-13/h2-11H,1H3/q-1. The van der Waals surface area contributed by atoms with Gasteiger partial charge in [-0.2, -0.15) is 0 Å². The molecule has 0 saturated carbocycles. The summed E-state index contributed by atoms with van der Waals surface area (Å²) >= 11 is 0. The monoisotopic (exact) mass is 221 g/mol. The van der Waals surface area contributed by atoms with Gasteiger partial charge >= 0.3 is 0 Å². The topological polar surface area (TPSA) is 25.5 Å². The van der Waals surface area contributed by atoms with E-state index in [1.54, 1.807) is 0 Å². The predicted molar refractivity (Wildman–Crippen MR) is 73.1 cm³/mol. The molecule has 0 radical (unpaired) electrons. The first kappa shape index (κ1) is 11.2. The smallest absolute Gasteiger partial charge is 0.0680 e. The summed E-state index contributed by atoms with van der Waals surface area (Å²) < 4.78 is 0. The Bertz CT molecular complexity index is 525. The average Bonchev–Trinajstić information content (AvgIpc) is 2.42. The zero-order valence-corrected chi connectivity index (χ0v) is 9.67. The molecule has 0 atom stereocenters. The molecule has 2 nitrogen and oxygen atoms in total. The second kappa shape index (κ2) is 5.15. The summed E-state index contributed by atoms with van der Waals surface area (Å²) in [5.74, 6) is 2.26. The van der Waals surface area contributed by atoms with Gasteiger partial charge in [0.05, 0.1) is 5.70 Å². The van der Waals surface area contributed by atoms with Gasteiger partial charge in [0, 0.05) is 18.3 Å². The summed E-state index contributed by atoms with van der Waals surface area (Å²) in [5.41, 5.74) is 2.59. The zero-order chi connectivity index (χ0) is 12.1. The van der Waals surface area contributed by atoms with E-state index in [0.29, 0.717) is 5.70 Å². The van der Waals surface area contributed by atoms with Crippen molar-refractivity contribution in [3.8, 4) is 0 Å². The molecule has 0 fully saturated rings. The van der Waals surface area contributed by atoms with E-state index in [1.165, 1.54) is 0 Å². The lowest BCUT2D eigenvalue weighted by molar-refractivity contribution is 1.23. The molecular formula is C15H13N2-. The van der Waals surface area contributed by atoms with E-state index in [1.807, 2.05) is 72.6 Å². The summed E-state index contributed by atoms with van der Waals surface area (Å²) in [6.45, 7) is 0. The fourth-order valence-electron chi connectivity index (χ4n) is 1.71. The fraction of sp³-hybridized carbons (Fsp3) is 0.0667. The molecule has 0 bridgehead atoms. The second-order valence-corrected chi connectivity index (χ2v) is 3.72. The van der Waals surface area contributed by atoms with Crippen molar-refractivity contribution < 1.29 is 0 Å². The van der Waals surface area contributed by atoms with E-state index in [0.717, 1.165) is 11.3 Å². The largest absolute Gasteiger partial charge is 0.762 e. The van der Waals surface area contributed by atoms with Crippen LogP contribution >= 0.6 is 0 Å². The number of hydrogen-bond donors (Lipinski definition) is 0. The van der Waals surface area contributed by atoms with E-state index in [9.17, 15) is 5.41 Å². The van der Waals surface area contributed by atoms with Crippen LogP contribution in [0.1, 0.15) is 5.56 Å². The van der Waals surface area contributed by atoms with Crippen LogP contribution in [0.3, 0.4) is 0 Å². The number of para-hydroxylation sites is 1. The number of nitrogens with zero attached hydrogens (tertiary/aromatic N) is 2. The minimum Gasteiger partial charge on any atom is -0.762 e. The van der Waals surface area contributed by atoms with E-state index in [-0.39, 0.29) is 0 Å². The van der Waals surface area contributed by atoms with E-state index in [4.69, 9.17) is 0 Å². The van der Waals surface area contributed by atoms with Gasteiger partial charge in [0.1, 0.15) is 0 Å². The molecule has 2 rings (SSSR count). The van der Waals surface area contributed by atoms with Crippen molar-refractivity contribution in [2.75, 3.05) is 11.9 Å². The highest BCUT2D eigenvalue weighted by Gasteiger charge is 2.06. The quantitative estimate of drug-likeness (QED) is 0.729. The van der Waals surface area contributed by atoms with Gasteiger partial charge in [-0.05, 0) is 12.1 Å². The van der Waals surface area contributed by atoms with Crippen LogP contribution in [0.5, 0.6) is 0 Å². The van der Waals surface area contributed by atoms with Crippen LogP contribution in [-0.2, 0) is 0 Å². The number of anilines is 1. The zero-order valence-electron chi connectivity index (χ0n) is 9.67. The maximum Gasteiger partial charge on any atom is 0.0680 e. The molecule has 0 aliphatic rings. The van der Waals surface area contributed by atoms with Crippen LogP contribution in [0.25, 0.3) is 11.1 Å². The molecule has 2 aromatic rings. The van der Waals surface area contributed by atoms with Crippen molar-refractivity contribution in [1.82, 2.24) is 0 Å². The lowest BCUT2D eigenvalue weighted by Gasteiger charge is -2.22. The van der Waals surface area contributed by atoms with Gasteiger partial charge in [0.2, 0.25) is 0 Å². The second-order valence-electron chi connectivity index (χ2n) is 3.72. The molecule has 0 aliphatic heterocycles. The van der Waals surface area contributed by atoms with Crippen LogP contribution in [0.2, 0.25) is 0 Å². The fourth-order valence-corrected chi connectivity index (χ4v) is 1.71. The van der Waals surface area contributed by atoms with Gasteiger partial charge in [-0.3, -0.25) is 0 Å². The summed E-state index contributed by atoms with van der Waals surface area (Å²) in [6, 6.07) is 19.6. The van der Waals surface area contributed by atoms with Crippen LogP contribution in [0, 0.1) is 0 Å². The number of rotatable bonds is 3. The molecule has 0 unspecified atom stereocenters. The Kier molecular flexibility index (Phi) is 3.39. The predicted octanol–water partition coefficient (Wildman–Crippen LogP) is 3.40. The van der Waals surface area contributed by atoms with Crippen LogP contribution < -0.4 is 4.90 Å². The molecule has 0 amide bonds. The average molecular weight is 221 g/mol. The highest BCUT2D eigenvalue weighted by atomic mass is 15.1. The van der Waals surface area contributed by atoms with Crippen molar-refractivity contribution in [3.63, 3.8) is 0 Å². The Morgan fingerprint density at radius 3 is 2.00 bits per heavy atom. The summed E-state index contributed by atoms with van der Waals surface area (Å²) in [7, 11) is 1.90. The minimum absolute atomic E-state index is 0.650. The maximum absolute atomic E-state index is 9.28. The summed E-state index contributed by atoms with van der Waals surface area (Å²) in [6.07, 6.45) is 0. The first-order valence-corrected chi connectivity index (χ1v) is 5.44. The van der Waals surface area contributed by atoms with Crippen LogP contribution in [-0.4, -0.2) is 12.9 Å². The lowest BCUT2D eigenvalue weighted by atomic mass is 10.1. The molecule has 0 saturated heterocycles. The van der Waals surface area contributed by atoms with Crippen molar-refractivity contribution in [3.05, 3.63) is 71.6 Å². The summed E-state index contributed by atoms with van der Waals surface area (Å²) in [5, 5.41) is 9.28. The Labute approximate surface area is 101 Å². The van der Waals surface area contributed by atoms with Gasteiger partial charge in [-0.1, -0.05) is 48.5 Å². The summed E-state index contributed by atoms with van der Waals surface area (Å²) in [4.78, 5) is 1.90. The molecule has 0 heterocycles. The third-order valence-corrected chi connectivity index (χ3v) is 2.63. The van der Waals surface area contributed by atoms with Crippen molar-refractivity contribution in [2.45, 2.75) is 0 Å². The molecular weight excluding hydrogens is 208 g/mol. The Morgan fingerprint density at radius 1 is 0.941 bits per heavy atom. The highest BCUT2D eigenvalue weighted by Crippen LogP contribution is 2.21. The van der Waals surface area contributed by atoms with E-state index >= 15 is 0 Å². The van der Waals surface area contributed by atoms with Gasteiger partial charge < -0.3 is 10.3 Å². The first-order chi connectivity index (χ1) is 8.33. The molecule has 0 N–H and O–H groups in total. The van der Waals surface area contributed by atoms with Crippen LogP contribution in [0.4, 0.5) is 5.69 Å². The van der Waals surface area contributed by atoms with Crippen molar-refractivity contribution in [1.29, 1.82) is 0 Å².